The lowest BCUT2D eigenvalue weighted by Crippen LogP contribution is -2.20. The molecule has 0 heterocycles. The molecule has 1 aromatic rings. The van der Waals surface area contributed by atoms with Crippen molar-refractivity contribution in [2.75, 3.05) is 6.61 Å². The van der Waals surface area contributed by atoms with E-state index in [1.54, 1.807) is 0 Å². The fourth-order valence-corrected chi connectivity index (χ4v) is 2.01. The van der Waals surface area contributed by atoms with Crippen LogP contribution in [0.1, 0.15) is 11.1 Å². The quantitative estimate of drug-likeness (QED) is 0.769. The Morgan fingerprint density at radius 3 is 2.53 bits per heavy atom. The highest BCUT2D eigenvalue weighted by Crippen LogP contribution is 2.25. The Kier molecular flexibility index (Phi) is 4.17. The summed E-state index contributed by atoms with van der Waals surface area (Å²) in [7, 11) is 0. The molecule has 1 unspecified atom stereocenters. The van der Waals surface area contributed by atoms with Crippen LogP contribution in [0, 0.1) is 13.8 Å². The van der Waals surface area contributed by atoms with Crippen molar-refractivity contribution in [3.05, 3.63) is 29.3 Å². The number of hydrogen-bond acceptors (Lipinski definition) is 3. The van der Waals surface area contributed by atoms with E-state index in [1.165, 1.54) is 17.3 Å². The third-order valence-electron chi connectivity index (χ3n) is 2.20. The molecule has 0 aliphatic carbocycles. The summed E-state index contributed by atoms with van der Waals surface area (Å²) < 4.78 is 0. The van der Waals surface area contributed by atoms with Gasteiger partial charge < -0.3 is 10.2 Å². The molecular weight excluding hydrogens is 212 g/mol. The summed E-state index contributed by atoms with van der Waals surface area (Å²) in [4.78, 5) is 11.6. The maximum atomic E-state index is 10.7. The Labute approximate surface area is 93.1 Å². The Balaban J connectivity index is 2.80. The van der Waals surface area contributed by atoms with E-state index in [4.69, 9.17) is 10.2 Å². The predicted octanol–water partition coefficient (Wildman–Crippen LogP) is 1.84. The molecule has 0 aromatic heterocycles. The minimum Gasteiger partial charge on any atom is -0.480 e. The van der Waals surface area contributed by atoms with Gasteiger partial charge in [0, 0.05) is 4.90 Å². The fraction of sp³-hybridized carbons (Fsp3) is 0.364. The van der Waals surface area contributed by atoms with E-state index < -0.39 is 11.2 Å². The highest BCUT2D eigenvalue weighted by atomic mass is 32.2. The largest absolute Gasteiger partial charge is 0.480 e. The van der Waals surface area contributed by atoms with Gasteiger partial charge in [-0.2, -0.15) is 0 Å². The maximum absolute atomic E-state index is 10.7. The molecule has 0 saturated heterocycles. The Bertz CT molecular complexity index is 363. The number of rotatable bonds is 4. The molecule has 0 radical (unpaired) electrons. The number of aliphatic carboxylic acids is 1. The molecule has 0 fully saturated rings. The van der Waals surface area contributed by atoms with Gasteiger partial charge in [0.2, 0.25) is 0 Å². The fourth-order valence-electron chi connectivity index (χ4n) is 1.12. The average Bonchev–Trinajstić information content (AvgIpc) is 2.19. The molecule has 0 spiro atoms. The highest BCUT2D eigenvalue weighted by molar-refractivity contribution is 8.00. The second-order valence-electron chi connectivity index (χ2n) is 3.37. The van der Waals surface area contributed by atoms with Gasteiger partial charge in [0.05, 0.1) is 6.61 Å². The zero-order valence-electron chi connectivity index (χ0n) is 8.73. The SMILES string of the molecule is Cc1ccc(SC(CO)C(=O)O)cc1C. The van der Waals surface area contributed by atoms with Crippen molar-refractivity contribution in [2.45, 2.75) is 24.0 Å². The molecule has 0 saturated carbocycles. The van der Waals surface area contributed by atoms with Crippen molar-refractivity contribution in [3.8, 4) is 0 Å². The number of benzene rings is 1. The maximum Gasteiger partial charge on any atom is 0.319 e. The zero-order valence-corrected chi connectivity index (χ0v) is 9.54. The summed E-state index contributed by atoms with van der Waals surface area (Å²) in [6, 6.07) is 5.76. The number of aryl methyl sites for hydroxylation is 2. The van der Waals surface area contributed by atoms with Crippen molar-refractivity contribution in [2.24, 2.45) is 0 Å². The number of carboxylic acid groups (broad SMARTS) is 1. The number of thioether (sulfide) groups is 1. The van der Waals surface area contributed by atoms with Gasteiger partial charge in [0.25, 0.3) is 0 Å². The Morgan fingerprint density at radius 1 is 1.40 bits per heavy atom. The lowest BCUT2D eigenvalue weighted by atomic mass is 10.1. The van der Waals surface area contributed by atoms with Gasteiger partial charge in [-0.05, 0) is 37.1 Å². The van der Waals surface area contributed by atoms with Gasteiger partial charge >= 0.3 is 5.97 Å². The third-order valence-corrected chi connectivity index (χ3v) is 3.36. The van der Waals surface area contributed by atoms with Gasteiger partial charge in [0.15, 0.2) is 0 Å². The summed E-state index contributed by atoms with van der Waals surface area (Å²) in [6.45, 7) is 3.63. The molecule has 4 heteroatoms. The van der Waals surface area contributed by atoms with E-state index in [2.05, 4.69) is 0 Å². The minimum atomic E-state index is -0.985. The first-order valence-corrected chi connectivity index (χ1v) is 5.50. The molecule has 1 aromatic carbocycles. The lowest BCUT2D eigenvalue weighted by Gasteiger charge is -2.09. The van der Waals surface area contributed by atoms with Gasteiger partial charge in [0.1, 0.15) is 5.25 Å². The second kappa shape index (κ2) is 5.19. The molecule has 0 bridgehead atoms. The predicted molar refractivity (Wildman–Crippen MR) is 60.3 cm³/mol. The Morgan fingerprint density at radius 2 is 2.07 bits per heavy atom. The van der Waals surface area contributed by atoms with Crippen LogP contribution < -0.4 is 0 Å². The summed E-state index contributed by atoms with van der Waals surface area (Å²) in [5, 5.41) is 16.9. The summed E-state index contributed by atoms with van der Waals surface area (Å²) in [5.41, 5.74) is 2.30. The van der Waals surface area contributed by atoms with Gasteiger partial charge in [-0.1, -0.05) is 6.07 Å². The van der Waals surface area contributed by atoms with Crippen LogP contribution in [-0.4, -0.2) is 28.0 Å². The van der Waals surface area contributed by atoms with Crippen molar-refractivity contribution < 1.29 is 15.0 Å². The summed E-state index contributed by atoms with van der Waals surface area (Å²) >= 11 is 1.17. The third kappa shape index (κ3) is 3.25. The molecule has 0 aliphatic heterocycles. The van der Waals surface area contributed by atoms with Crippen LogP contribution in [0.2, 0.25) is 0 Å². The first kappa shape index (κ1) is 12.1. The first-order chi connectivity index (χ1) is 7.04. The van der Waals surface area contributed by atoms with Crippen molar-refractivity contribution >= 4 is 17.7 Å². The molecular formula is C11H14O3S. The van der Waals surface area contributed by atoms with E-state index in [0.717, 1.165) is 10.5 Å². The minimum absolute atomic E-state index is 0.354. The molecule has 0 aliphatic rings. The van der Waals surface area contributed by atoms with E-state index in [9.17, 15) is 4.79 Å². The normalized spacial score (nSPS) is 12.5. The van der Waals surface area contributed by atoms with Crippen LogP contribution in [0.5, 0.6) is 0 Å². The Hall–Kier alpha value is -1.00. The highest BCUT2D eigenvalue weighted by Gasteiger charge is 2.17. The first-order valence-electron chi connectivity index (χ1n) is 4.62. The van der Waals surface area contributed by atoms with Crippen LogP contribution in [-0.2, 0) is 4.79 Å². The van der Waals surface area contributed by atoms with Crippen LogP contribution in [0.15, 0.2) is 23.1 Å². The molecule has 3 nitrogen and oxygen atoms in total. The standard InChI is InChI=1S/C11H14O3S/c1-7-3-4-9(5-8(7)2)15-10(6-12)11(13)14/h3-5,10,12H,6H2,1-2H3,(H,13,14). The van der Waals surface area contributed by atoms with Crippen molar-refractivity contribution in [1.29, 1.82) is 0 Å². The number of carbonyl (C=O) groups is 1. The van der Waals surface area contributed by atoms with Crippen molar-refractivity contribution in [3.63, 3.8) is 0 Å². The monoisotopic (exact) mass is 226 g/mol. The number of carboxylic acids is 1. The second-order valence-corrected chi connectivity index (χ2v) is 4.65. The van der Waals surface area contributed by atoms with Gasteiger partial charge in [-0.3, -0.25) is 4.79 Å². The van der Waals surface area contributed by atoms with Gasteiger partial charge in [-0.15, -0.1) is 11.8 Å². The number of aliphatic hydroxyl groups excluding tert-OH is 1. The molecule has 0 amide bonds. The van der Waals surface area contributed by atoms with E-state index in [-0.39, 0.29) is 6.61 Å². The van der Waals surface area contributed by atoms with E-state index >= 15 is 0 Å². The van der Waals surface area contributed by atoms with E-state index in [0.29, 0.717) is 0 Å². The van der Waals surface area contributed by atoms with Crippen LogP contribution in [0.25, 0.3) is 0 Å². The molecule has 2 N–H and O–H groups in total. The van der Waals surface area contributed by atoms with Crippen molar-refractivity contribution in [1.82, 2.24) is 0 Å². The molecule has 82 valence electrons. The smallest absolute Gasteiger partial charge is 0.319 e. The summed E-state index contributed by atoms with van der Waals surface area (Å²) in [5.74, 6) is -0.985. The van der Waals surface area contributed by atoms with E-state index in [1.807, 2.05) is 32.0 Å². The average molecular weight is 226 g/mol. The van der Waals surface area contributed by atoms with Gasteiger partial charge in [-0.25, -0.2) is 0 Å². The zero-order chi connectivity index (χ0) is 11.4. The van der Waals surface area contributed by atoms with Crippen LogP contribution in [0.3, 0.4) is 0 Å². The van der Waals surface area contributed by atoms with Crippen LogP contribution in [0.4, 0.5) is 0 Å². The molecule has 15 heavy (non-hydrogen) atoms. The molecule has 1 atom stereocenters. The lowest BCUT2D eigenvalue weighted by molar-refractivity contribution is -0.137. The topological polar surface area (TPSA) is 57.5 Å². The molecule has 1 rings (SSSR count). The van der Waals surface area contributed by atoms with Crippen LogP contribution >= 0.6 is 11.8 Å². The number of aliphatic hydroxyl groups is 1. The number of hydrogen-bond donors (Lipinski definition) is 2. The summed E-state index contributed by atoms with van der Waals surface area (Å²) in [6.07, 6.45) is 0.